The fourth-order valence-electron chi connectivity index (χ4n) is 2.30. The second-order valence-electron chi connectivity index (χ2n) is 5.78. The number of hydrogen-bond acceptors (Lipinski definition) is 1. The lowest BCUT2D eigenvalue weighted by Crippen LogP contribution is -2.38. The van der Waals surface area contributed by atoms with E-state index >= 15 is 0 Å². The highest BCUT2D eigenvalue weighted by atomic mass is 32.3. The molecule has 120 valence electrons. The van der Waals surface area contributed by atoms with Crippen molar-refractivity contribution in [2.75, 3.05) is 11.5 Å². The molecular formula is C16H32O3S. The molecule has 0 aromatic carbocycles. The van der Waals surface area contributed by atoms with Crippen LogP contribution in [0.2, 0.25) is 0 Å². The highest BCUT2D eigenvalue weighted by molar-refractivity contribution is 8.10. The van der Waals surface area contributed by atoms with Gasteiger partial charge in [0.05, 0.1) is 9.63 Å². The summed E-state index contributed by atoms with van der Waals surface area (Å²) in [5, 5.41) is 0. The van der Waals surface area contributed by atoms with E-state index in [0.29, 0.717) is 6.42 Å². The van der Waals surface area contributed by atoms with Crippen molar-refractivity contribution in [1.29, 1.82) is 0 Å². The first-order valence-electron chi connectivity index (χ1n) is 7.96. The summed E-state index contributed by atoms with van der Waals surface area (Å²) in [7, 11) is -4.50. The van der Waals surface area contributed by atoms with E-state index in [4.69, 9.17) is 6.42 Å². The molecule has 0 unspecified atom stereocenters. The topological polar surface area (TPSA) is 57.5 Å². The van der Waals surface area contributed by atoms with Crippen molar-refractivity contribution < 1.29 is 13.3 Å². The minimum atomic E-state index is -4.50. The Balaban J connectivity index is 3.38. The molecule has 0 aromatic heterocycles. The van der Waals surface area contributed by atoms with Gasteiger partial charge in [-0.2, -0.15) is 0 Å². The van der Waals surface area contributed by atoms with E-state index in [-0.39, 0.29) is 5.75 Å². The smallest absolute Gasteiger partial charge is 0.107 e. The Morgan fingerprint density at radius 1 is 0.850 bits per heavy atom. The fourth-order valence-corrected chi connectivity index (χ4v) is 3.56. The standard InChI is InChI=1S/C16H32O3S/c1-3-5-6-7-8-9-10-11-12-13-14-16-20(17,18,19)15-4-2/h2H,3,5-16H2,1H3,(H2,17,18,19). The van der Waals surface area contributed by atoms with E-state index < -0.39 is 15.4 Å². The van der Waals surface area contributed by atoms with Crippen molar-refractivity contribution in [3.63, 3.8) is 0 Å². The SMILES string of the molecule is C#CCS(=O)(O)(O)CCCCCCCCCCCCC. The summed E-state index contributed by atoms with van der Waals surface area (Å²) >= 11 is 0. The van der Waals surface area contributed by atoms with Crippen LogP contribution >= 0.6 is 0 Å². The van der Waals surface area contributed by atoms with E-state index in [1.807, 2.05) is 0 Å². The van der Waals surface area contributed by atoms with Gasteiger partial charge in [0, 0.05) is 5.75 Å². The van der Waals surface area contributed by atoms with Crippen LogP contribution in [0.25, 0.3) is 0 Å². The van der Waals surface area contributed by atoms with Crippen LogP contribution in [0.4, 0.5) is 0 Å². The number of hydrogen-bond donors (Lipinski definition) is 2. The van der Waals surface area contributed by atoms with Crippen LogP contribution in [0.3, 0.4) is 0 Å². The zero-order chi connectivity index (χ0) is 15.3. The molecule has 0 saturated carbocycles. The van der Waals surface area contributed by atoms with Crippen LogP contribution in [0, 0.1) is 12.3 Å². The van der Waals surface area contributed by atoms with Gasteiger partial charge in [0.25, 0.3) is 0 Å². The molecule has 0 heterocycles. The van der Waals surface area contributed by atoms with Crippen molar-refractivity contribution in [2.24, 2.45) is 0 Å². The Morgan fingerprint density at radius 3 is 1.65 bits per heavy atom. The zero-order valence-electron chi connectivity index (χ0n) is 13.0. The molecule has 0 saturated heterocycles. The van der Waals surface area contributed by atoms with E-state index in [1.54, 1.807) is 0 Å². The summed E-state index contributed by atoms with van der Waals surface area (Å²) in [6.07, 6.45) is 17.9. The molecule has 20 heavy (non-hydrogen) atoms. The van der Waals surface area contributed by atoms with Crippen LogP contribution in [0.5, 0.6) is 0 Å². The summed E-state index contributed by atoms with van der Waals surface area (Å²) in [6.45, 7) is 2.23. The normalized spacial score (nSPS) is 13.6. The van der Waals surface area contributed by atoms with Crippen molar-refractivity contribution in [1.82, 2.24) is 0 Å². The molecule has 0 radical (unpaired) electrons. The third-order valence-corrected chi connectivity index (χ3v) is 5.39. The maximum Gasteiger partial charge on any atom is 0.107 e. The zero-order valence-corrected chi connectivity index (χ0v) is 13.8. The van der Waals surface area contributed by atoms with E-state index in [1.165, 1.54) is 51.4 Å². The summed E-state index contributed by atoms with van der Waals surface area (Å²) in [5.41, 5.74) is 0. The average molecular weight is 304 g/mol. The van der Waals surface area contributed by atoms with Crippen molar-refractivity contribution in [3.8, 4) is 12.3 Å². The quantitative estimate of drug-likeness (QED) is 0.383. The molecule has 3 nitrogen and oxygen atoms in total. The molecule has 0 atom stereocenters. The molecule has 0 spiro atoms. The van der Waals surface area contributed by atoms with Gasteiger partial charge in [-0.15, -0.1) is 6.42 Å². The first-order chi connectivity index (χ1) is 9.39. The summed E-state index contributed by atoms with van der Waals surface area (Å²) in [6, 6.07) is 0. The van der Waals surface area contributed by atoms with Gasteiger partial charge in [-0.1, -0.05) is 77.1 Å². The molecule has 0 amide bonds. The highest BCUT2D eigenvalue weighted by Gasteiger charge is 2.27. The third-order valence-electron chi connectivity index (χ3n) is 3.53. The molecule has 0 aliphatic heterocycles. The van der Waals surface area contributed by atoms with Crippen LogP contribution in [-0.4, -0.2) is 24.8 Å². The summed E-state index contributed by atoms with van der Waals surface area (Å²) < 4.78 is 30.6. The van der Waals surface area contributed by atoms with Gasteiger partial charge >= 0.3 is 0 Å². The lowest BCUT2D eigenvalue weighted by atomic mass is 10.1. The number of unbranched alkanes of at least 4 members (excludes halogenated alkanes) is 10. The average Bonchev–Trinajstić information content (AvgIpc) is 2.35. The first kappa shape index (κ1) is 19.6. The number of rotatable bonds is 13. The largest absolute Gasteiger partial charge is 0.307 e. The monoisotopic (exact) mass is 304 g/mol. The van der Waals surface area contributed by atoms with Gasteiger partial charge in [-0.3, -0.25) is 0 Å². The molecule has 0 aliphatic rings. The van der Waals surface area contributed by atoms with Gasteiger partial charge in [0.15, 0.2) is 0 Å². The lowest BCUT2D eigenvalue weighted by molar-refractivity contribution is 0.391. The Hall–Kier alpha value is -0.370. The Morgan fingerprint density at radius 2 is 1.25 bits per heavy atom. The second-order valence-corrected chi connectivity index (χ2v) is 8.85. The summed E-state index contributed by atoms with van der Waals surface area (Å²) in [5.74, 6) is 1.54. The second kappa shape index (κ2) is 10.4. The molecule has 0 aromatic rings. The Labute approximate surface area is 125 Å². The Bertz CT molecular complexity index is 338. The van der Waals surface area contributed by atoms with Gasteiger partial charge < -0.3 is 9.11 Å². The molecule has 0 aliphatic carbocycles. The van der Waals surface area contributed by atoms with Crippen molar-refractivity contribution in [2.45, 2.75) is 77.6 Å². The molecule has 0 fully saturated rings. The van der Waals surface area contributed by atoms with Gasteiger partial charge in [0.1, 0.15) is 5.75 Å². The highest BCUT2D eigenvalue weighted by Crippen LogP contribution is 2.19. The predicted octanol–water partition coefficient (Wildman–Crippen LogP) is 4.70. The molecular weight excluding hydrogens is 272 g/mol. The van der Waals surface area contributed by atoms with E-state index in [0.717, 1.165) is 12.8 Å². The molecule has 4 heteroatoms. The lowest BCUT2D eigenvalue weighted by Gasteiger charge is -2.28. The van der Waals surface area contributed by atoms with Crippen molar-refractivity contribution in [3.05, 3.63) is 0 Å². The molecule has 0 rings (SSSR count). The van der Waals surface area contributed by atoms with E-state index in [9.17, 15) is 13.3 Å². The molecule has 2 N–H and O–H groups in total. The van der Waals surface area contributed by atoms with Crippen molar-refractivity contribution >= 4 is 9.63 Å². The van der Waals surface area contributed by atoms with Gasteiger partial charge in [-0.25, -0.2) is 4.21 Å². The van der Waals surface area contributed by atoms with Crippen LogP contribution in [0.15, 0.2) is 0 Å². The maximum atomic E-state index is 11.6. The summed E-state index contributed by atoms with van der Waals surface area (Å²) in [4.78, 5) is 0. The fraction of sp³-hybridized carbons (Fsp3) is 0.875. The van der Waals surface area contributed by atoms with Gasteiger partial charge in [-0.05, 0) is 6.42 Å². The Kier molecular flexibility index (Phi) is 10.2. The predicted molar refractivity (Wildman–Crippen MR) is 88.4 cm³/mol. The maximum absolute atomic E-state index is 11.6. The number of terminal acetylenes is 1. The van der Waals surface area contributed by atoms with E-state index in [2.05, 4.69) is 12.8 Å². The third kappa shape index (κ3) is 12.7. The van der Waals surface area contributed by atoms with Crippen LogP contribution in [-0.2, 0) is 9.63 Å². The van der Waals surface area contributed by atoms with Crippen LogP contribution in [0.1, 0.15) is 77.6 Å². The minimum absolute atomic E-state index is 0.0849. The van der Waals surface area contributed by atoms with Crippen LogP contribution < -0.4 is 0 Å². The minimum Gasteiger partial charge on any atom is -0.307 e. The molecule has 0 bridgehead atoms. The first-order valence-corrected chi connectivity index (χ1v) is 10.2. The van der Waals surface area contributed by atoms with Gasteiger partial charge in [0.2, 0.25) is 0 Å².